The van der Waals surface area contributed by atoms with Gasteiger partial charge in [-0.25, -0.2) is 0 Å². The van der Waals surface area contributed by atoms with Crippen LogP contribution in [0.3, 0.4) is 0 Å². The van der Waals surface area contributed by atoms with Crippen LogP contribution in [0.5, 0.6) is 0 Å². The lowest BCUT2D eigenvalue weighted by Crippen LogP contribution is -2.50. The highest BCUT2D eigenvalue weighted by atomic mass is 16.2. The molecule has 1 aromatic carbocycles. The number of nitrogens with one attached hydrogen (secondary N) is 2. The summed E-state index contributed by atoms with van der Waals surface area (Å²) in [6, 6.07) is 8.55. The summed E-state index contributed by atoms with van der Waals surface area (Å²) in [5.41, 5.74) is 2.43. The van der Waals surface area contributed by atoms with E-state index in [0.29, 0.717) is 23.6 Å². The summed E-state index contributed by atoms with van der Waals surface area (Å²) < 4.78 is 0. The van der Waals surface area contributed by atoms with E-state index in [1.807, 2.05) is 26.0 Å². The molecule has 1 aromatic rings. The Labute approximate surface area is 224 Å². The molecule has 1 atom stereocenters. The highest BCUT2D eigenvalue weighted by Crippen LogP contribution is 2.60. The number of rotatable bonds is 10. The largest absolute Gasteiger partial charge is 0.354 e. The van der Waals surface area contributed by atoms with Crippen LogP contribution in [0.1, 0.15) is 107 Å². The first-order valence-corrected chi connectivity index (χ1v) is 15.2. The van der Waals surface area contributed by atoms with Crippen LogP contribution in [0.2, 0.25) is 0 Å². The van der Waals surface area contributed by atoms with Crippen molar-refractivity contribution in [3.05, 3.63) is 35.4 Å². The Bertz CT molecular complexity index is 899. The number of carbonyl (C=O) groups excluding carboxylic acids is 2. The van der Waals surface area contributed by atoms with Crippen molar-refractivity contribution in [1.29, 1.82) is 0 Å². The van der Waals surface area contributed by atoms with Gasteiger partial charge in [0.2, 0.25) is 5.91 Å². The molecule has 0 unspecified atom stereocenters. The average molecular weight is 508 g/mol. The number of benzene rings is 1. The maximum absolute atomic E-state index is 13.1. The first-order chi connectivity index (χ1) is 17.8. The minimum atomic E-state index is -0.522. The molecule has 37 heavy (non-hydrogen) atoms. The van der Waals surface area contributed by atoms with Crippen LogP contribution in [-0.4, -0.2) is 48.9 Å². The predicted octanol–water partition coefficient (Wildman–Crippen LogP) is 5.68. The molecule has 5 aliphatic rings. The molecule has 5 aliphatic carbocycles. The number of amides is 2. The van der Waals surface area contributed by atoms with Gasteiger partial charge < -0.3 is 15.5 Å². The number of hydrogen-bond acceptors (Lipinski definition) is 3. The molecule has 6 rings (SSSR count). The maximum atomic E-state index is 13.1. The Balaban J connectivity index is 1.12. The molecule has 4 bridgehead atoms. The zero-order valence-electron chi connectivity index (χ0n) is 23.4. The molecule has 0 heterocycles. The van der Waals surface area contributed by atoms with Gasteiger partial charge in [-0.1, -0.05) is 45.2 Å². The lowest BCUT2D eigenvalue weighted by Gasteiger charge is -2.57. The molecule has 0 spiro atoms. The lowest BCUT2D eigenvalue weighted by atomic mass is 9.48. The number of carbonyl (C=O) groups is 2. The summed E-state index contributed by atoms with van der Waals surface area (Å²) in [5.74, 6) is 2.53. The minimum Gasteiger partial charge on any atom is -0.354 e. The van der Waals surface area contributed by atoms with Crippen LogP contribution in [-0.2, 0) is 10.2 Å². The summed E-state index contributed by atoms with van der Waals surface area (Å²) in [4.78, 5) is 28.6. The molecule has 2 amide bonds. The van der Waals surface area contributed by atoms with E-state index in [1.54, 1.807) is 0 Å². The SMILES string of the molecule is CC(C)[C@@H](NC(=O)c1ccc(C23CC4CC(CC(C4)C2)C3)cc1)C(=O)NCCCN(C)C1CCCCC1. The van der Waals surface area contributed by atoms with E-state index >= 15 is 0 Å². The fourth-order valence-corrected chi connectivity index (χ4v) is 8.55. The highest BCUT2D eigenvalue weighted by Gasteiger charge is 2.51. The molecule has 5 heteroatoms. The smallest absolute Gasteiger partial charge is 0.251 e. The van der Waals surface area contributed by atoms with Crippen molar-refractivity contribution in [2.45, 2.75) is 108 Å². The van der Waals surface area contributed by atoms with Crippen molar-refractivity contribution >= 4 is 11.8 Å². The third-order valence-corrected chi connectivity index (χ3v) is 10.2. The summed E-state index contributed by atoms with van der Waals surface area (Å²) in [5, 5.41) is 6.11. The first kappa shape index (κ1) is 26.7. The van der Waals surface area contributed by atoms with Gasteiger partial charge in [0.25, 0.3) is 5.91 Å². The van der Waals surface area contributed by atoms with Gasteiger partial charge in [0.1, 0.15) is 6.04 Å². The molecule has 5 nitrogen and oxygen atoms in total. The van der Waals surface area contributed by atoms with Crippen LogP contribution >= 0.6 is 0 Å². The van der Waals surface area contributed by atoms with Crippen molar-refractivity contribution < 1.29 is 9.59 Å². The second kappa shape index (κ2) is 11.5. The van der Waals surface area contributed by atoms with Gasteiger partial charge in [-0.3, -0.25) is 9.59 Å². The Morgan fingerprint density at radius 2 is 1.54 bits per heavy atom. The second-order valence-corrected chi connectivity index (χ2v) is 13.4. The van der Waals surface area contributed by atoms with Crippen LogP contribution in [0, 0.1) is 23.7 Å². The molecule has 0 aliphatic heterocycles. The Hall–Kier alpha value is -1.88. The predicted molar refractivity (Wildman–Crippen MR) is 150 cm³/mol. The quantitative estimate of drug-likeness (QED) is 0.401. The van der Waals surface area contributed by atoms with E-state index in [4.69, 9.17) is 0 Å². The Morgan fingerprint density at radius 1 is 0.946 bits per heavy atom. The molecule has 2 N–H and O–H groups in total. The molecule has 5 fully saturated rings. The van der Waals surface area contributed by atoms with E-state index in [0.717, 1.165) is 30.7 Å². The average Bonchev–Trinajstić information content (AvgIpc) is 2.89. The van der Waals surface area contributed by atoms with Gasteiger partial charge in [0.15, 0.2) is 0 Å². The molecule has 0 aromatic heterocycles. The number of nitrogens with zero attached hydrogens (tertiary/aromatic N) is 1. The molecule has 0 radical (unpaired) electrons. The van der Waals surface area contributed by atoms with E-state index in [-0.39, 0.29) is 17.7 Å². The fourth-order valence-electron chi connectivity index (χ4n) is 8.55. The zero-order valence-corrected chi connectivity index (χ0v) is 23.4. The fraction of sp³-hybridized carbons (Fsp3) is 0.750. The normalized spacial score (nSPS) is 30.0. The monoisotopic (exact) mass is 507 g/mol. The molecule has 5 saturated carbocycles. The summed E-state index contributed by atoms with van der Waals surface area (Å²) in [6.07, 6.45) is 15.9. The van der Waals surface area contributed by atoms with Crippen LogP contribution in [0.15, 0.2) is 24.3 Å². The van der Waals surface area contributed by atoms with Crippen molar-refractivity contribution in [3.63, 3.8) is 0 Å². The highest BCUT2D eigenvalue weighted by molar-refractivity contribution is 5.97. The Morgan fingerprint density at radius 3 is 2.11 bits per heavy atom. The van der Waals surface area contributed by atoms with Crippen LogP contribution in [0.4, 0.5) is 0 Å². The van der Waals surface area contributed by atoms with E-state index in [9.17, 15) is 9.59 Å². The maximum Gasteiger partial charge on any atom is 0.251 e. The van der Waals surface area contributed by atoms with Gasteiger partial charge in [0.05, 0.1) is 0 Å². The Kier molecular flexibility index (Phi) is 8.28. The molecule has 204 valence electrons. The van der Waals surface area contributed by atoms with Gasteiger partial charge >= 0.3 is 0 Å². The molecular weight excluding hydrogens is 458 g/mol. The lowest BCUT2D eigenvalue weighted by molar-refractivity contribution is -0.123. The van der Waals surface area contributed by atoms with E-state index in [2.05, 4.69) is 34.7 Å². The van der Waals surface area contributed by atoms with Crippen LogP contribution in [0.25, 0.3) is 0 Å². The van der Waals surface area contributed by atoms with Gasteiger partial charge in [-0.15, -0.1) is 0 Å². The van der Waals surface area contributed by atoms with E-state index in [1.165, 1.54) is 76.2 Å². The van der Waals surface area contributed by atoms with Crippen molar-refractivity contribution in [2.75, 3.05) is 20.1 Å². The van der Waals surface area contributed by atoms with Crippen molar-refractivity contribution in [1.82, 2.24) is 15.5 Å². The first-order valence-electron chi connectivity index (χ1n) is 15.2. The minimum absolute atomic E-state index is 0.0279. The zero-order chi connectivity index (χ0) is 26.0. The third-order valence-electron chi connectivity index (χ3n) is 10.2. The molecular formula is C32H49N3O2. The van der Waals surface area contributed by atoms with Crippen molar-refractivity contribution in [3.8, 4) is 0 Å². The van der Waals surface area contributed by atoms with Gasteiger partial charge in [-0.2, -0.15) is 0 Å². The topological polar surface area (TPSA) is 61.4 Å². The standard InChI is InChI=1S/C32H49N3O2/c1-22(2)29(31(37)33-14-7-15-35(3)28-8-5-4-6-9-28)34-30(36)26-10-12-27(13-11-26)32-19-23-16-24(20-32)18-25(17-23)21-32/h10-13,22-25,28-29H,4-9,14-21H2,1-3H3,(H,33,37)(H,34,36)/t23?,24?,25?,29-,32?/m1/s1. The summed E-state index contributed by atoms with van der Waals surface area (Å²) in [7, 11) is 2.21. The van der Waals surface area contributed by atoms with Crippen LogP contribution < -0.4 is 10.6 Å². The third kappa shape index (κ3) is 6.08. The number of hydrogen-bond donors (Lipinski definition) is 2. The van der Waals surface area contributed by atoms with Gasteiger partial charge in [0, 0.05) is 18.2 Å². The van der Waals surface area contributed by atoms with E-state index < -0.39 is 6.04 Å². The molecule has 0 saturated heterocycles. The summed E-state index contributed by atoms with van der Waals surface area (Å²) >= 11 is 0. The second-order valence-electron chi connectivity index (χ2n) is 13.4. The summed E-state index contributed by atoms with van der Waals surface area (Å²) in [6.45, 7) is 5.64. The van der Waals surface area contributed by atoms with Gasteiger partial charge in [-0.05, 0) is 118 Å². The van der Waals surface area contributed by atoms with Crippen molar-refractivity contribution in [2.24, 2.45) is 23.7 Å².